The van der Waals surface area contributed by atoms with Crippen molar-refractivity contribution in [1.82, 2.24) is 4.98 Å². The first kappa shape index (κ1) is 11.5. The number of aromatic nitrogens is 1. The number of benzene rings is 1. The van der Waals surface area contributed by atoms with Crippen molar-refractivity contribution in [2.24, 2.45) is 5.73 Å². The van der Waals surface area contributed by atoms with Gasteiger partial charge >= 0.3 is 0 Å². The zero-order valence-corrected chi connectivity index (χ0v) is 9.43. The van der Waals surface area contributed by atoms with E-state index in [4.69, 9.17) is 10.5 Å². The van der Waals surface area contributed by atoms with Crippen LogP contribution in [0.2, 0.25) is 0 Å². The molecule has 2 aromatic rings. The first-order valence-electron chi connectivity index (χ1n) is 5.30. The lowest BCUT2D eigenvalue weighted by Crippen LogP contribution is -2.07. The Morgan fingerprint density at radius 3 is 2.82 bits per heavy atom. The number of pyridine rings is 1. The van der Waals surface area contributed by atoms with Gasteiger partial charge in [-0.3, -0.25) is 4.98 Å². The lowest BCUT2D eigenvalue weighted by atomic mass is 10.1. The Hall–Kier alpha value is -1.94. The van der Waals surface area contributed by atoms with Gasteiger partial charge in [-0.1, -0.05) is 0 Å². The van der Waals surface area contributed by atoms with Gasteiger partial charge in [0.1, 0.15) is 17.3 Å². The van der Waals surface area contributed by atoms with Crippen molar-refractivity contribution in [3.05, 3.63) is 54.1 Å². The number of nitrogens with zero attached hydrogens (tertiary/aromatic N) is 1. The van der Waals surface area contributed by atoms with Gasteiger partial charge in [-0.2, -0.15) is 0 Å². The van der Waals surface area contributed by atoms with Crippen LogP contribution in [0.1, 0.15) is 18.5 Å². The van der Waals surface area contributed by atoms with E-state index in [1.165, 1.54) is 12.1 Å². The van der Waals surface area contributed by atoms with Crippen molar-refractivity contribution in [3.63, 3.8) is 0 Å². The van der Waals surface area contributed by atoms with E-state index >= 15 is 0 Å². The summed E-state index contributed by atoms with van der Waals surface area (Å²) in [6, 6.07) is 7.55. The van der Waals surface area contributed by atoms with Crippen LogP contribution in [0.15, 0.2) is 42.7 Å². The molecule has 0 spiro atoms. The zero-order chi connectivity index (χ0) is 12.3. The van der Waals surface area contributed by atoms with Crippen molar-refractivity contribution < 1.29 is 9.13 Å². The Labute approximate surface area is 99.1 Å². The van der Waals surface area contributed by atoms with Gasteiger partial charge in [-0.25, -0.2) is 4.39 Å². The second-order valence-electron chi connectivity index (χ2n) is 3.76. The minimum Gasteiger partial charge on any atom is -0.455 e. The summed E-state index contributed by atoms with van der Waals surface area (Å²) in [4.78, 5) is 3.94. The molecule has 1 aromatic carbocycles. The first-order chi connectivity index (χ1) is 8.16. The lowest BCUT2D eigenvalue weighted by Gasteiger charge is -2.13. The molecule has 4 heteroatoms. The van der Waals surface area contributed by atoms with Crippen molar-refractivity contribution in [2.75, 3.05) is 0 Å². The summed E-state index contributed by atoms with van der Waals surface area (Å²) in [6.45, 7) is 1.78. The summed E-state index contributed by atoms with van der Waals surface area (Å²) in [7, 11) is 0. The molecular formula is C13H13FN2O. The maximum atomic E-state index is 13.1. The highest BCUT2D eigenvalue weighted by Gasteiger charge is 2.10. The van der Waals surface area contributed by atoms with Crippen molar-refractivity contribution >= 4 is 0 Å². The number of hydrogen-bond donors (Lipinski definition) is 1. The van der Waals surface area contributed by atoms with Gasteiger partial charge in [-0.15, -0.1) is 0 Å². The van der Waals surface area contributed by atoms with Crippen molar-refractivity contribution in [2.45, 2.75) is 13.0 Å². The Kier molecular flexibility index (Phi) is 3.35. The third-order valence-corrected chi connectivity index (χ3v) is 2.32. The summed E-state index contributed by atoms with van der Waals surface area (Å²) in [5, 5.41) is 0. The molecule has 17 heavy (non-hydrogen) atoms. The van der Waals surface area contributed by atoms with Crippen LogP contribution >= 0.6 is 0 Å². The van der Waals surface area contributed by atoms with Crippen LogP contribution in [0.5, 0.6) is 11.5 Å². The van der Waals surface area contributed by atoms with Gasteiger partial charge < -0.3 is 10.5 Å². The summed E-state index contributed by atoms with van der Waals surface area (Å²) < 4.78 is 18.7. The molecule has 1 heterocycles. The molecule has 2 rings (SSSR count). The predicted molar refractivity (Wildman–Crippen MR) is 63.3 cm³/mol. The van der Waals surface area contributed by atoms with Gasteiger partial charge in [-0.05, 0) is 37.3 Å². The van der Waals surface area contributed by atoms with Gasteiger partial charge in [0.25, 0.3) is 0 Å². The zero-order valence-electron chi connectivity index (χ0n) is 9.43. The molecule has 0 aliphatic carbocycles. The summed E-state index contributed by atoms with van der Waals surface area (Å²) >= 11 is 0. The molecule has 88 valence electrons. The van der Waals surface area contributed by atoms with Gasteiger partial charge in [0.05, 0.1) is 6.20 Å². The second-order valence-corrected chi connectivity index (χ2v) is 3.76. The monoisotopic (exact) mass is 232 g/mol. The second kappa shape index (κ2) is 4.93. The van der Waals surface area contributed by atoms with E-state index in [2.05, 4.69) is 4.98 Å². The van der Waals surface area contributed by atoms with Crippen molar-refractivity contribution in [1.29, 1.82) is 0 Å². The SMILES string of the molecule is C[C@H](N)c1cc(F)ccc1Oc1cccnc1. The smallest absolute Gasteiger partial charge is 0.145 e. The summed E-state index contributed by atoms with van der Waals surface area (Å²) in [6.07, 6.45) is 3.25. The van der Waals surface area contributed by atoms with Crippen LogP contribution in [0.4, 0.5) is 4.39 Å². The van der Waals surface area contributed by atoms with E-state index in [0.29, 0.717) is 17.1 Å². The maximum absolute atomic E-state index is 13.1. The summed E-state index contributed by atoms with van der Waals surface area (Å²) in [5.41, 5.74) is 6.41. The maximum Gasteiger partial charge on any atom is 0.145 e. The molecule has 0 aliphatic rings. The summed E-state index contributed by atoms with van der Waals surface area (Å²) in [5.74, 6) is 0.825. The fourth-order valence-corrected chi connectivity index (χ4v) is 1.50. The van der Waals surface area contributed by atoms with E-state index in [1.54, 1.807) is 37.5 Å². The fraction of sp³-hybridized carbons (Fsp3) is 0.154. The molecule has 0 bridgehead atoms. The molecule has 1 atom stereocenters. The minimum atomic E-state index is -0.323. The average molecular weight is 232 g/mol. The van der Waals surface area contributed by atoms with Crippen LogP contribution in [0.25, 0.3) is 0 Å². The molecule has 2 N–H and O–H groups in total. The molecule has 3 nitrogen and oxygen atoms in total. The van der Waals surface area contributed by atoms with Crippen LogP contribution in [0, 0.1) is 5.82 Å². The first-order valence-corrected chi connectivity index (χ1v) is 5.30. The van der Waals surface area contributed by atoms with Gasteiger partial charge in [0.2, 0.25) is 0 Å². The lowest BCUT2D eigenvalue weighted by molar-refractivity contribution is 0.467. The van der Waals surface area contributed by atoms with Crippen molar-refractivity contribution in [3.8, 4) is 11.5 Å². The Morgan fingerprint density at radius 1 is 1.35 bits per heavy atom. The highest BCUT2D eigenvalue weighted by Crippen LogP contribution is 2.28. The fourth-order valence-electron chi connectivity index (χ4n) is 1.50. The highest BCUT2D eigenvalue weighted by atomic mass is 19.1. The standard InChI is InChI=1S/C13H13FN2O/c1-9(15)12-7-10(14)4-5-13(12)17-11-3-2-6-16-8-11/h2-9H,15H2,1H3/t9-/m0/s1. The Bertz CT molecular complexity index is 500. The minimum absolute atomic E-state index is 0.294. The Balaban J connectivity index is 2.33. The topological polar surface area (TPSA) is 48.1 Å². The molecule has 0 aliphatic heterocycles. The number of halogens is 1. The van der Waals surface area contributed by atoms with E-state index < -0.39 is 0 Å². The number of ether oxygens (including phenoxy) is 1. The third kappa shape index (κ3) is 2.79. The van der Waals surface area contributed by atoms with Gasteiger partial charge in [0, 0.05) is 17.8 Å². The van der Waals surface area contributed by atoms with Crippen LogP contribution in [-0.2, 0) is 0 Å². The molecule has 0 saturated heterocycles. The van der Waals surface area contributed by atoms with Crippen LogP contribution in [-0.4, -0.2) is 4.98 Å². The number of rotatable bonds is 3. The average Bonchev–Trinajstić information content (AvgIpc) is 2.32. The molecule has 1 aromatic heterocycles. The van der Waals surface area contributed by atoms with E-state index in [-0.39, 0.29) is 11.9 Å². The van der Waals surface area contributed by atoms with E-state index in [1.807, 2.05) is 0 Å². The van der Waals surface area contributed by atoms with E-state index in [9.17, 15) is 4.39 Å². The third-order valence-electron chi connectivity index (χ3n) is 2.32. The van der Waals surface area contributed by atoms with Crippen LogP contribution in [0.3, 0.4) is 0 Å². The largest absolute Gasteiger partial charge is 0.455 e. The molecule has 0 saturated carbocycles. The highest BCUT2D eigenvalue weighted by molar-refractivity contribution is 5.39. The molecular weight excluding hydrogens is 219 g/mol. The van der Waals surface area contributed by atoms with Crippen LogP contribution < -0.4 is 10.5 Å². The van der Waals surface area contributed by atoms with Gasteiger partial charge in [0.15, 0.2) is 0 Å². The normalized spacial score (nSPS) is 12.2. The number of nitrogens with two attached hydrogens (primary N) is 1. The molecule has 0 unspecified atom stereocenters. The quantitative estimate of drug-likeness (QED) is 0.884. The number of hydrogen-bond acceptors (Lipinski definition) is 3. The Morgan fingerprint density at radius 2 is 2.18 bits per heavy atom. The molecule has 0 radical (unpaired) electrons. The predicted octanol–water partition coefficient (Wildman–Crippen LogP) is 3.03. The molecule has 0 fully saturated rings. The van der Waals surface area contributed by atoms with E-state index in [0.717, 1.165) is 0 Å². The molecule has 0 amide bonds.